The predicted octanol–water partition coefficient (Wildman–Crippen LogP) is 2.73. The van der Waals surface area contributed by atoms with Crippen LogP contribution in [0.5, 0.6) is 0 Å². The fourth-order valence-corrected chi connectivity index (χ4v) is 0.603. The summed E-state index contributed by atoms with van der Waals surface area (Å²) in [6.45, 7) is 8.98. The Kier molecular flexibility index (Phi) is 5.11. The van der Waals surface area contributed by atoms with Crippen molar-refractivity contribution in [2.24, 2.45) is 5.92 Å². The van der Waals surface area contributed by atoms with E-state index in [9.17, 15) is 9.59 Å². The normalized spacial score (nSPS) is 11.1. The molecule has 0 spiro atoms. The van der Waals surface area contributed by atoms with Gasteiger partial charge in [0, 0.05) is 0 Å². The van der Waals surface area contributed by atoms with Crippen molar-refractivity contribution in [3.8, 4) is 0 Å². The minimum Gasteiger partial charge on any atom is -0.434 e. The second-order valence-electron chi connectivity index (χ2n) is 4.52. The number of carbonyl (C=O) groups excluding carboxylic acids is 2. The highest BCUT2D eigenvalue weighted by molar-refractivity contribution is 5.77. The third-order valence-electron chi connectivity index (χ3n) is 1.09. The molecule has 0 bridgehead atoms. The van der Waals surface area contributed by atoms with Gasteiger partial charge in [-0.2, -0.15) is 0 Å². The first kappa shape index (κ1) is 13.7. The molecule has 0 atom stereocenters. The molecule has 0 radical (unpaired) electrons. The van der Waals surface area contributed by atoms with Crippen LogP contribution in [0, 0.1) is 5.92 Å². The topological polar surface area (TPSA) is 61.8 Å². The molecule has 0 fully saturated rings. The van der Waals surface area contributed by atoms with Crippen LogP contribution in [-0.2, 0) is 14.2 Å². The van der Waals surface area contributed by atoms with Crippen molar-refractivity contribution in [3.63, 3.8) is 0 Å². The number of rotatable bonds is 2. The molecule has 0 amide bonds. The molecule has 0 rings (SSSR count). The molecule has 0 aliphatic carbocycles. The minimum atomic E-state index is -1.05. The first-order valence-corrected chi connectivity index (χ1v) is 4.78. The zero-order valence-corrected chi connectivity index (χ0v) is 9.83. The van der Waals surface area contributed by atoms with Gasteiger partial charge < -0.3 is 14.2 Å². The largest absolute Gasteiger partial charge is 0.519 e. The van der Waals surface area contributed by atoms with Gasteiger partial charge in [0.2, 0.25) is 0 Å². The Bertz CT molecular complexity index is 226. The lowest BCUT2D eigenvalue weighted by atomic mass is 10.2. The summed E-state index contributed by atoms with van der Waals surface area (Å²) in [5.41, 5.74) is -0.685. The molecule has 88 valence electrons. The number of ether oxygens (including phenoxy) is 3. The lowest BCUT2D eigenvalue weighted by Gasteiger charge is -2.18. The molecule has 0 saturated carbocycles. The summed E-state index contributed by atoms with van der Waals surface area (Å²) in [7, 11) is 0. The smallest absolute Gasteiger partial charge is 0.434 e. The molecule has 0 aromatic heterocycles. The molecular weight excluding hydrogens is 200 g/mol. The van der Waals surface area contributed by atoms with Crippen molar-refractivity contribution >= 4 is 12.3 Å². The van der Waals surface area contributed by atoms with E-state index in [0.717, 1.165) is 0 Å². The average Bonchev–Trinajstić information content (AvgIpc) is 1.96. The summed E-state index contributed by atoms with van der Waals surface area (Å²) < 4.78 is 13.6. The van der Waals surface area contributed by atoms with Crippen LogP contribution in [0.2, 0.25) is 0 Å². The van der Waals surface area contributed by atoms with Crippen LogP contribution in [0.3, 0.4) is 0 Å². The maximum absolute atomic E-state index is 11.0. The lowest BCUT2D eigenvalue weighted by Crippen LogP contribution is -2.26. The zero-order valence-electron chi connectivity index (χ0n) is 9.83. The molecule has 0 unspecified atom stereocenters. The van der Waals surface area contributed by atoms with E-state index in [1.54, 1.807) is 20.8 Å². The highest BCUT2D eigenvalue weighted by Gasteiger charge is 2.20. The van der Waals surface area contributed by atoms with Crippen LogP contribution in [0.15, 0.2) is 0 Å². The van der Waals surface area contributed by atoms with Gasteiger partial charge in [-0.05, 0) is 26.7 Å². The van der Waals surface area contributed by atoms with Crippen LogP contribution in [-0.4, -0.2) is 24.5 Å². The van der Waals surface area contributed by atoms with Gasteiger partial charge in [-0.15, -0.1) is 0 Å². The van der Waals surface area contributed by atoms with Gasteiger partial charge >= 0.3 is 12.3 Å². The Morgan fingerprint density at radius 1 is 1.13 bits per heavy atom. The van der Waals surface area contributed by atoms with E-state index in [1.165, 1.54) is 0 Å². The first-order chi connectivity index (χ1) is 6.70. The Labute approximate surface area is 89.7 Å². The van der Waals surface area contributed by atoms with E-state index in [4.69, 9.17) is 4.74 Å². The SMILES string of the molecule is CC(C)COC(=O)OC(=O)OC(C)(C)C. The standard InChI is InChI=1S/C10H18O5/c1-7(2)6-13-8(11)14-9(12)15-10(3,4)5/h7H,6H2,1-5H3. The Balaban J connectivity index is 3.82. The fraction of sp³-hybridized carbons (Fsp3) is 0.800. The second kappa shape index (κ2) is 5.58. The average molecular weight is 218 g/mol. The monoisotopic (exact) mass is 218 g/mol. The molecule has 5 nitrogen and oxygen atoms in total. The maximum atomic E-state index is 11.0. The van der Waals surface area contributed by atoms with Crippen LogP contribution >= 0.6 is 0 Å². The van der Waals surface area contributed by atoms with E-state index in [-0.39, 0.29) is 12.5 Å². The maximum Gasteiger partial charge on any atom is 0.519 e. The molecular formula is C10H18O5. The number of carbonyl (C=O) groups is 2. The lowest BCUT2D eigenvalue weighted by molar-refractivity contribution is -0.00940. The highest BCUT2D eigenvalue weighted by Crippen LogP contribution is 2.08. The van der Waals surface area contributed by atoms with Gasteiger partial charge in [0.25, 0.3) is 0 Å². The summed E-state index contributed by atoms with van der Waals surface area (Å²) in [5.74, 6) is 0.191. The molecule has 0 heterocycles. The van der Waals surface area contributed by atoms with Crippen LogP contribution in [0.25, 0.3) is 0 Å². The summed E-state index contributed by atoms with van der Waals surface area (Å²) >= 11 is 0. The minimum absolute atomic E-state index is 0.191. The first-order valence-electron chi connectivity index (χ1n) is 4.78. The quantitative estimate of drug-likeness (QED) is 0.526. The predicted molar refractivity (Wildman–Crippen MR) is 53.5 cm³/mol. The van der Waals surface area contributed by atoms with Gasteiger partial charge in [-0.3, -0.25) is 0 Å². The van der Waals surface area contributed by atoms with Crippen molar-refractivity contribution in [1.29, 1.82) is 0 Å². The van der Waals surface area contributed by atoms with Crippen LogP contribution in [0.1, 0.15) is 34.6 Å². The Morgan fingerprint density at radius 3 is 2.07 bits per heavy atom. The van der Waals surface area contributed by atoms with Gasteiger partial charge in [0.05, 0.1) is 6.61 Å². The van der Waals surface area contributed by atoms with E-state index in [0.29, 0.717) is 0 Å². The fourth-order valence-electron chi connectivity index (χ4n) is 0.603. The third-order valence-corrected chi connectivity index (χ3v) is 1.09. The van der Waals surface area contributed by atoms with Gasteiger partial charge in [-0.1, -0.05) is 13.8 Å². The summed E-state index contributed by atoms with van der Waals surface area (Å²) in [6, 6.07) is 0. The molecule has 0 aliphatic rings. The molecule has 0 aromatic rings. The van der Waals surface area contributed by atoms with Gasteiger partial charge in [0.1, 0.15) is 5.60 Å². The van der Waals surface area contributed by atoms with Gasteiger partial charge in [-0.25, -0.2) is 9.59 Å². The van der Waals surface area contributed by atoms with Crippen molar-refractivity contribution in [2.45, 2.75) is 40.2 Å². The molecule has 5 heteroatoms. The Hall–Kier alpha value is -1.26. The van der Waals surface area contributed by atoms with Crippen LogP contribution < -0.4 is 0 Å². The van der Waals surface area contributed by atoms with Crippen molar-refractivity contribution in [1.82, 2.24) is 0 Å². The van der Waals surface area contributed by atoms with Gasteiger partial charge in [0.15, 0.2) is 0 Å². The summed E-state index contributed by atoms with van der Waals surface area (Å²) in [4.78, 5) is 21.9. The molecule has 0 saturated heterocycles. The van der Waals surface area contributed by atoms with E-state index in [1.807, 2.05) is 13.8 Å². The third kappa shape index (κ3) is 9.05. The van der Waals surface area contributed by atoms with E-state index < -0.39 is 17.9 Å². The molecule has 0 aliphatic heterocycles. The van der Waals surface area contributed by atoms with Crippen molar-refractivity contribution in [3.05, 3.63) is 0 Å². The molecule has 0 aromatic carbocycles. The Morgan fingerprint density at radius 2 is 1.67 bits per heavy atom. The summed E-state index contributed by atoms with van der Waals surface area (Å²) in [5, 5.41) is 0. The highest BCUT2D eigenvalue weighted by atomic mass is 16.8. The number of hydrogen-bond donors (Lipinski definition) is 0. The molecule has 15 heavy (non-hydrogen) atoms. The zero-order chi connectivity index (χ0) is 12.1. The van der Waals surface area contributed by atoms with E-state index in [2.05, 4.69) is 9.47 Å². The molecule has 0 N–H and O–H groups in total. The second-order valence-corrected chi connectivity index (χ2v) is 4.52. The van der Waals surface area contributed by atoms with E-state index >= 15 is 0 Å². The summed E-state index contributed by atoms with van der Waals surface area (Å²) in [6.07, 6.45) is -2.07. The number of hydrogen-bond acceptors (Lipinski definition) is 5. The van der Waals surface area contributed by atoms with Crippen molar-refractivity contribution in [2.75, 3.05) is 6.61 Å². The van der Waals surface area contributed by atoms with Crippen molar-refractivity contribution < 1.29 is 23.8 Å². The van der Waals surface area contributed by atoms with Crippen LogP contribution in [0.4, 0.5) is 9.59 Å².